The van der Waals surface area contributed by atoms with Crippen LogP contribution in [0.2, 0.25) is 0 Å². The molecular weight excluding hydrogens is 349 g/mol. The molecule has 1 aliphatic rings. The number of carbonyl (C=O) groups excluding carboxylic acids is 2. The molecule has 0 spiro atoms. The highest BCUT2D eigenvalue weighted by Gasteiger charge is 2.43. The molecule has 1 unspecified atom stereocenters. The first-order valence-electron chi connectivity index (χ1n) is 9.37. The van der Waals surface area contributed by atoms with Crippen molar-refractivity contribution in [2.24, 2.45) is 5.92 Å². The van der Waals surface area contributed by atoms with Gasteiger partial charge in [-0.25, -0.2) is 4.39 Å². The van der Waals surface area contributed by atoms with Crippen molar-refractivity contribution >= 4 is 11.7 Å². The Morgan fingerprint density at radius 1 is 1.26 bits per heavy atom. The van der Waals surface area contributed by atoms with E-state index < -0.39 is 23.5 Å². The maximum Gasteiger partial charge on any atom is 0.290 e. The van der Waals surface area contributed by atoms with Gasteiger partial charge >= 0.3 is 0 Å². The molecule has 1 atom stereocenters. The Hall–Kier alpha value is -2.21. The minimum atomic E-state index is -0.913. The summed E-state index contributed by atoms with van der Waals surface area (Å²) in [5.74, 6) is -1.99. The Balaban J connectivity index is 2.35. The van der Waals surface area contributed by atoms with E-state index in [9.17, 15) is 19.1 Å². The summed E-state index contributed by atoms with van der Waals surface area (Å²) in [6.07, 6.45) is 0.770. The smallest absolute Gasteiger partial charge is 0.290 e. The lowest BCUT2D eigenvalue weighted by atomic mass is 9.92. The van der Waals surface area contributed by atoms with Crippen LogP contribution in [0.1, 0.15) is 52.1 Å². The zero-order valence-electron chi connectivity index (χ0n) is 16.4. The third kappa shape index (κ3) is 4.95. The number of ether oxygens (including phenoxy) is 1. The van der Waals surface area contributed by atoms with E-state index in [1.54, 1.807) is 18.2 Å². The van der Waals surface area contributed by atoms with Crippen LogP contribution in [0, 0.1) is 11.7 Å². The van der Waals surface area contributed by atoms with E-state index in [2.05, 4.69) is 0 Å². The van der Waals surface area contributed by atoms with Gasteiger partial charge in [-0.05, 0) is 32.3 Å². The number of ketones is 1. The molecule has 0 bridgehead atoms. The number of nitrogens with zero attached hydrogens (tertiary/aromatic N) is 1. The number of aliphatic hydroxyl groups excluding tert-OH is 1. The molecule has 1 heterocycles. The van der Waals surface area contributed by atoms with Crippen molar-refractivity contribution in [3.63, 3.8) is 0 Å². The highest BCUT2D eigenvalue weighted by atomic mass is 19.1. The zero-order valence-corrected chi connectivity index (χ0v) is 16.4. The molecule has 0 radical (unpaired) electrons. The van der Waals surface area contributed by atoms with Crippen LogP contribution in [0.5, 0.6) is 0 Å². The van der Waals surface area contributed by atoms with E-state index in [1.807, 2.05) is 27.7 Å². The fourth-order valence-corrected chi connectivity index (χ4v) is 3.22. The maximum absolute atomic E-state index is 14.5. The molecule has 148 valence electrons. The highest BCUT2D eigenvalue weighted by Crippen LogP contribution is 2.39. The van der Waals surface area contributed by atoms with Crippen LogP contribution in [0.3, 0.4) is 0 Å². The number of carbonyl (C=O) groups is 2. The second-order valence-electron chi connectivity index (χ2n) is 7.48. The van der Waals surface area contributed by atoms with Gasteiger partial charge in [0.2, 0.25) is 0 Å². The zero-order chi connectivity index (χ0) is 20.1. The van der Waals surface area contributed by atoms with E-state index >= 15 is 0 Å². The first-order chi connectivity index (χ1) is 12.7. The van der Waals surface area contributed by atoms with Gasteiger partial charge < -0.3 is 14.7 Å². The van der Waals surface area contributed by atoms with Crippen LogP contribution in [-0.4, -0.2) is 41.0 Å². The molecule has 1 amide bonds. The van der Waals surface area contributed by atoms with Crippen molar-refractivity contribution in [2.75, 3.05) is 13.2 Å². The normalized spacial score (nSPS) is 17.5. The molecular formula is C21H28FNO4. The molecule has 2 rings (SSSR count). The number of hydrogen-bond donors (Lipinski definition) is 1. The molecule has 1 N–H and O–H groups in total. The van der Waals surface area contributed by atoms with Gasteiger partial charge in [0.05, 0.1) is 17.7 Å². The lowest BCUT2D eigenvalue weighted by Crippen LogP contribution is -2.33. The van der Waals surface area contributed by atoms with Crippen molar-refractivity contribution in [3.8, 4) is 0 Å². The predicted molar refractivity (Wildman–Crippen MR) is 101 cm³/mol. The molecule has 5 nitrogen and oxygen atoms in total. The van der Waals surface area contributed by atoms with Gasteiger partial charge in [-0.2, -0.15) is 0 Å². The average Bonchev–Trinajstić information content (AvgIpc) is 2.83. The van der Waals surface area contributed by atoms with Crippen molar-refractivity contribution in [2.45, 2.75) is 52.7 Å². The Morgan fingerprint density at radius 2 is 1.93 bits per heavy atom. The number of halogens is 1. The first kappa shape index (κ1) is 21.1. The second kappa shape index (κ2) is 9.13. The minimum Gasteiger partial charge on any atom is -0.503 e. The summed E-state index contributed by atoms with van der Waals surface area (Å²) in [5, 5.41) is 10.4. The Bertz CT molecular complexity index is 727. The molecule has 1 aliphatic heterocycles. The summed E-state index contributed by atoms with van der Waals surface area (Å²) in [4.78, 5) is 26.7. The summed E-state index contributed by atoms with van der Waals surface area (Å²) >= 11 is 0. The fourth-order valence-electron chi connectivity index (χ4n) is 3.22. The van der Waals surface area contributed by atoms with Crippen LogP contribution < -0.4 is 0 Å². The van der Waals surface area contributed by atoms with Gasteiger partial charge in [-0.3, -0.25) is 9.59 Å². The molecule has 1 aromatic carbocycles. The number of amides is 1. The van der Waals surface area contributed by atoms with E-state index in [4.69, 9.17) is 4.74 Å². The Labute approximate surface area is 159 Å². The lowest BCUT2D eigenvalue weighted by molar-refractivity contribution is -0.129. The van der Waals surface area contributed by atoms with Gasteiger partial charge in [0.1, 0.15) is 5.82 Å². The van der Waals surface area contributed by atoms with Crippen molar-refractivity contribution in [3.05, 3.63) is 47.0 Å². The molecule has 27 heavy (non-hydrogen) atoms. The standard InChI is InChI=1S/C21H28FNO4/c1-13(2)12-17(24)18-19(15-8-5-6-9-16(15)22)23(21(26)20(18)25)10-7-11-27-14(3)4/h5-6,8-9,13-14,19,25H,7,10-12H2,1-4H3. The lowest BCUT2D eigenvalue weighted by Gasteiger charge is -2.27. The second-order valence-corrected chi connectivity index (χ2v) is 7.48. The third-order valence-electron chi connectivity index (χ3n) is 4.39. The number of rotatable bonds is 9. The average molecular weight is 377 g/mol. The number of aliphatic hydroxyl groups is 1. The van der Waals surface area contributed by atoms with Crippen LogP contribution in [0.4, 0.5) is 4.39 Å². The summed E-state index contributed by atoms with van der Waals surface area (Å²) in [5.41, 5.74) is 0.204. The van der Waals surface area contributed by atoms with Gasteiger partial charge in [0.15, 0.2) is 11.5 Å². The van der Waals surface area contributed by atoms with Crippen molar-refractivity contribution < 1.29 is 23.8 Å². The van der Waals surface area contributed by atoms with Crippen LogP contribution in [0.15, 0.2) is 35.6 Å². The summed E-state index contributed by atoms with van der Waals surface area (Å²) in [6.45, 7) is 8.28. The van der Waals surface area contributed by atoms with E-state index in [0.29, 0.717) is 13.0 Å². The molecule has 0 aromatic heterocycles. The van der Waals surface area contributed by atoms with Crippen LogP contribution >= 0.6 is 0 Å². The van der Waals surface area contributed by atoms with E-state index in [0.717, 1.165) is 0 Å². The summed E-state index contributed by atoms with van der Waals surface area (Å²) in [7, 11) is 0. The predicted octanol–water partition coefficient (Wildman–Crippen LogP) is 3.95. The van der Waals surface area contributed by atoms with Crippen LogP contribution in [0.25, 0.3) is 0 Å². The van der Waals surface area contributed by atoms with E-state index in [1.165, 1.54) is 11.0 Å². The molecule has 0 fully saturated rings. The van der Waals surface area contributed by atoms with Crippen molar-refractivity contribution in [1.82, 2.24) is 4.90 Å². The monoisotopic (exact) mass is 377 g/mol. The minimum absolute atomic E-state index is 0.0106. The molecule has 0 aliphatic carbocycles. The molecule has 1 aromatic rings. The van der Waals surface area contributed by atoms with Gasteiger partial charge in [-0.15, -0.1) is 0 Å². The topological polar surface area (TPSA) is 66.8 Å². The number of benzene rings is 1. The van der Waals surface area contributed by atoms with Gasteiger partial charge in [0, 0.05) is 25.1 Å². The van der Waals surface area contributed by atoms with Crippen molar-refractivity contribution in [1.29, 1.82) is 0 Å². The quantitative estimate of drug-likeness (QED) is 0.662. The SMILES string of the molecule is CC(C)CC(=O)C1=C(O)C(=O)N(CCCOC(C)C)C1c1ccccc1F. The largest absolute Gasteiger partial charge is 0.503 e. The summed E-state index contributed by atoms with van der Waals surface area (Å²) < 4.78 is 20.0. The number of Topliss-reactive ketones (excluding diaryl/α,β-unsaturated/α-hetero) is 1. The third-order valence-corrected chi connectivity index (χ3v) is 4.39. The maximum atomic E-state index is 14.5. The van der Waals surface area contributed by atoms with Gasteiger partial charge in [0.25, 0.3) is 5.91 Å². The number of hydrogen-bond acceptors (Lipinski definition) is 4. The Morgan fingerprint density at radius 3 is 2.52 bits per heavy atom. The summed E-state index contributed by atoms with van der Waals surface area (Å²) in [6, 6.07) is 5.13. The van der Waals surface area contributed by atoms with Crippen LogP contribution in [-0.2, 0) is 14.3 Å². The van der Waals surface area contributed by atoms with Gasteiger partial charge in [-0.1, -0.05) is 32.0 Å². The highest BCUT2D eigenvalue weighted by molar-refractivity contribution is 6.09. The van der Waals surface area contributed by atoms with E-state index in [-0.39, 0.29) is 41.9 Å². The molecule has 0 saturated heterocycles. The fraction of sp³-hybridized carbons (Fsp3) is 0.524. The Kier molecular flexibility index (Phi) is 7.13. The molecule has 0 saturated carbocycles. The molecule has 6 heteroatoms. The first-order valence-corrected chi connectivity index (χ1v) is 9.37.